The molecule has 0 aromatic heterocycles. The number of ether oxygens (including phenoxy) is 6. The first-order chi connectivity index (χ1) is 35.9. The third-order valence-corrected chi connectivity index (χ3v) is 16.3. The Morgan fingerprint density at radius 3 is 2.18 bits per heavy atom. The van der Waals surface area contributed by atoms with Gasteiger partial charge in [0.1, 0.15) is 41.3 Å². The van der Waals surface area contributed by atoms with Crippen molar-refractivity contribution in [2.24, 2.45) is 46.8 Å². The smallest absolute Gasteiger partial charge is 0.329 e. The van der Waals surface area contributed by atoms with Crippen LogP contribution >= 0.6 is 0 Å². The normalized spacial score (nSPS) is 36.3. The average Bonchev–Trinajstić information content (AvgIpc) is 3.39. The van der Waals surface area contributed by atoms with E-state index in [-0.39, 0.29) is 49.2 Å². The van der Waals surface area contributed by atoms with E-state index in [2.05, 4.69) is 0 Å². The van der Waals surface area contributed by atoms with Gasteiger partial charge in [-0.25, -0.2) is 4.79 Å². The first-order valence-electron chi connectivity index (χ1n) is 27.4. The van der Waals surface area contributed by atoms with Crippen LogP contribution in [0.3, 0.4) is 0 Å². The molecule has 4 N–H and O–H groups in total. The third-order valence-electron chi connectivity index (χ3n) is 16.3. The minimum Gasteiger partial charge on any atom is -0.460 e. The minimum atomic E-state index is -2.49. The molecule has 1 aliphatic carbocycles. The number of Topliss-reactive ketones (excluding diaryl/α,β-unsaturated/α-hetero) is 3. The second kappa shape index (κ2) is 29.5. The molecular weight excluding hydrogens is 983 g/mol. The highest BCUT2D eigenvalue weighted by atomic mass is 16.6. The Morgan fingerprint density at radius 2 is 1.55 bits per heavy atom. The molecule has 15 atom stereocenters. The van der Waals surface area contributed by atoms with Crippen LogP contribution in [0, 0.1) is 46.8 Å². The van der Waals surface area contributed by atoms with Crippen molar-refractivity contribution in [2.75, 3.05) is 40.6 Å². The maximum atomic E-state index is 14.6. The van der Waals surface area contributed by atoms with Gasteiger partial charge >= 0.3 is 17.9 Å². The largest absolute Gasteiger partial charge is 0.460 e. The highest BCUT2D eigenvalue weighted by Gasteiger charge is 2.53. The molecule has 0 unspecified atom stereocenters. The van der Waals surface area contributed by atoms with Crippen LogP contribution in [0.5, 0.6) is 0 Å². The van der Waals surface area contributed by atoms with Crippen LogP contribution in [0.15, 0.2) is 47.6 Å². The van der Waals surface area contributed by atoms with Crippen molar-refractivity contribution in [3.63, 3.8) is 0 Å². The maximum absolute atomic E-state index is 14.6. The van der Waals surface area contributed by atoms with Crippen molar-refractivity contribution in [3.8, 4) is 0 Å². The fourth-order valence-corrected chi connectivity index (χ4v) is 11.1. The fourth-order valence-electron chi connectivity index (χ4n) is 11.1. The lowest BCUT2D eigenvalue weighted by molar-refractivity contribution is -0.265. The quantitative estimate of drug-likeness (QED) is 0.0814. The van der Waals surface area contributed by atoms with E-state index in [4.69, 9.17) is 28.4 Å². The predicted octanol–water partition coefficient (Wildman–Crippen LogP) is 5.89. The number of aliphatic hydroxyl groups is 4. The highest BCUT2D eigenvalue weighted by molar-refractivity contribution is 6.39. The molecule has 0 spiro atoms. The van der Waals surface area contributed by atoms with Gasteiger partial charge in [0.05, 0.1) is 44.1 Å². The number of esters is 3. The molecule has 0 radical (unpaired) electrons. The number of fused-ring (bicyclic) bond motifs is 3. The Morgan fingerprint density at radius 1 is 0.855 bits per heavy atom. The number of carbonyl (C=O) groups excluding carboxylic acids is 7. The van der Waals surface area contributed by atoms with Gasteiger partial charge in [-0.3, -0.25) is 28.8 Å². The van der Waals surface area contributed by atoms with Crippen LogP contribution in [0.2, 0.25) is 0 Å². The van der Waals surface area contributed by atoms with Crippen LogP contribution in [-0.4, -0.2) is 156 Å². The number of nitrogens with zero attached hydrogens (tertiary/aromatic N) is 1. The van der Waals surface area contributed by atoms with Gasteiger partial charge in [-0.15, -0.1) is 0 Å². The summed E-state index contributed by atoms with van der Waals surface area (Å²) < 4.78 is 35.6. The molecule has 3 heterocycles. The van der Waals surface area contributed by atoms with E-state index in [0.717, 1.165) is 10.5 Å². The van der Waals surface area contributed by atoms with Gasteiger partial charge in [0, 0.05) is 58.3 Å². The first kappa shape index (κ1) is 64.1. The monoisotopic (exact) mass is 1070 g/mol. The lowest BCUT2D eigenvalue weighted by Gasteiger charge is -2.42. The summed E-state index contributed by atoms with van der Waals surface area (Å²) in [5.74, 6) is -11.6. The van der Waals surface area contributed by atoms with E-state index in [1.807, 2.05) is 51.2 Å². The van der Waals surface area contributed by atoms with Crippen molar-refractivity contribution in [3.05, 3.63) is 47.6 Å². The van der Waals surface area contributed by atoms with Crippen LogP contribution in [0.25, 0.3) is 0 Å². The number of ketones is 3. The highest BCUT2D eigenvalue weighted by Crippen LogP contribution is 2.39. The number of rotatable bonds is 11. The summed E-state index contributed by atoms with van der Waals surface area (Å²) in [6.45, 7) is 13.1. The Hall–Kier alpha value is -4.43. The van der Waals surface area contributed by atoms with Crippen LogP contribution in [-0.2, 0) is 62.0 Å². The Bertz CT molecular complexity index is 2130. The lowest BCUT2D eigenvalue weighted by atomic mass is 9.78. The minimum absolute atomic E-state index is 0.0252. The van der Waals surface area contributed by atoms with Gasteiger partial charge in [0.15, 0.2) is 0 Å². The van der Waals surface area contributed by atoms with Gasteiger partial charge < -0.3 is 53.7 Å². The second-order valence-electron chi connectivity index (χ2n) is 22.6. The molecule has 4 aliphatic rings. The molecule has 76 heavy (non-hydrogen) atoms. The zero-order valence-corrected chi connectivity index (χ0v) is 46.9. The van der Waals surface area contributed by atoms with E-state index in [1.54, 1.807) is 40.9 Å². The Labute approximate surface area is 450 Å². The molecule has 18 heteroatoms. The molecule has 4 rings (SSSR count). The SMILES string of the molecule is CO[C@H]1C[C@@H]2CC[C@@H](C)[C@@](O)(O2)C(=O)C(=O)N2CCCC[C@H]2C(=O)O[C@H]([C@H](C)C[C@@H]2CC[C@@H](OC(=O)C(C)(CO)CO)[C@H](OC)C2)CC(=O)[C@H](C)/C=C(\C)[C@@H](OC(C)=O)[C@@H](CO)C(=O)[C@H](C)C[C@H](C)/C=C/C=C/C=C/1C. The van der Waals surface area contributed by atoms with Crippen molar-refractivity contribution < 1.29 is 82.4 Å². The summed E-state index contributed by atoms with van der Waals surface area (Å²) in [5.41, 5.74) is -0.297. The predicted molar refractivity (Wildman–Crippen MR) is 281 cm³/mol. The number of hydrogen-bond donors (Lipinski definition) is 4. The first-order valence-corrected chi connectivity index (χ1v) is 27.4. The summed E-state index contributed by atoms with van der Waals surface area (Å²) in [7, 11) is 3.05. The molecule has 0 aromatic carbocycles. The van der Waals surface area contributed by atoms with Crippen molar-refractivity contribution in [1.29, 1.82) is 0 Å². The number of carbonyl (C=O) groups is 7. The van der Waals surface area contributed by atoms with E-state index in [0.29, 0.717) is 63.4 Å². The second-order valence-corrected chi connectivity index (χ2v) is 22.6. The maximum Gasteiger partial charge on any atom is 0.329 e. The Kier molecular flexibility index (Phi) is 24.9. The molecule has 2 bridgehead atoms. The molecule has 0 aromatic rings. The van der Waals surface area contributed by atoms with Crippen molar-refractivity contribution >= 4 is 41.2 Å². The molecule has 2 saturated heterocycles. The van der Waals surface area contributed by atoms with E-state index in [1.165, 1.54) is 21.0 Å². The fraction of sp³-hybridized carbons (Fsp3) is 0.741. The number of piperidine rings is 1. The van der Waals surface area contributed by atoms with Crippen LogP contribution in [0.1, 0.15) is 139 Å². The summed E-state index contributed by atoms with van der Waals surface area (Å²) in [6, 6.07) is -1.23. The topological polar surface area (TPSA) is 259 Å². The number of methoxy groups -OCH3 is 2. The number of hydrogen-bond acceptors (Lipinski definition) is 17. The van der Waals surface area contributed by atoms with Crippen LogP contribution in [0.4, 0.5) is 0 Å². The standard InChI is InChI=1S/C58H89NO17/c1-34-17-13-12-14-18-35(2)48(71-10)29-43-22-20-40(7)58(70,76-43)53(66)54(67)59-24-16-15-19-45(59)55(68)74-49(37(4)27-42-21-23-47(50(28-42)72-11)75-56(69)57(9,32-61)33-62)30-46(64)36(3)26-39(6)52(73-41(8)63)44(31-60)51(65)38(5)25-34/h12-14,17-18,26,34,36-38,40,42-45,47-50,52,60-62,70H,15-16,19-25,27-33H2,1-11H3/b14-12+,17-13+,35-18+,39-26+/t34-,36-,37-,38-,40-,42+,43+,44+,45+,47-,48+,49+,50-,52-,58-/m1/s1. The van der Waals surface area contributed by atoms with Gasteiger partial charge in [-0.1, -0.05) is 71.1 Å². The van der Waals surface area contributed by atoms with Crippen molar-refractivity contribution in [1.82, 2.24) is 4.90 Å². The molecule has 18 nitrogen and oxygen atoms in total. The zero-order chi connectivity index (χ0) is 56.7. The number of amides is 1. The number of aliphatic hydroxyl groups excluding tert-OH is 3. The van der Waals surface area contributed by atoms with Gasteiger partial charge in [0.25, 0.3) is 11.7 Å². The van der Waals surface area contributed by atoms with Crippen molar-refractivity contribution in [2.45, 2.75) is 188 Å². The molecular formula is C58H89NO17. The Balaban J connectivity index is 1.74. The molecule has 428 valence electrons. The van der Waals surface area contributed by atoms with E-state index in [9.17, 15) is 54.0 Å². The number of allylic oxidation sites excluding steroid dienone is 6. The van der Waals surface area contributed by atoms with Gasteiger partial charge in [-0.2, -0.15) is 0 Å². The van der Waals surface area contributed by atoms with Gasteiger partial charge in [0.2, 0.25) is 5.79 Å². The van der Waals surface area contributed by atoms with E-state index < -0.39 is 133 Å². The molecule has 3 fully saturated rings. The lowest BCUT2D eigenvalue weighted by Crippen LogP contribution is -2.61. The van der Waals surface area contributed by atoms with Gasteiger partial charge in [-0.05, 0) is 114 Å². The molecule has 1 saturated carbocycles. The molecule has 3 aliphatic heterocycles. The zero-order valence-electron chi connectivity index (χ0n) is 46.9. The molecule has 1 amide bonds. The summed E-state index contributed by atoms with van der Waals surface area (Å²) in [6.07, 6.45) is 10.6. The number of cyclic esters (lactones) is 1. The van der Waals surface area contributed by atoms with E-state index >= 15 is 0 Å². The third kappa shape index (κ3) is 16.8. The summed E-state index contributed by atoms with van der Waals surface area (Å²) in [4.78, 5) is 98.6. The average molecular weight is 1070 g/mol. The van der Waals surface area contributed by atoms with Crippen LogP contribution < -0.4 is 0 Å². The summed E-state index contributed by atoms with van der Waals surface area (Å²) in [5, 5.41) is 42.3. The summed E-state index contributed by atoms with van der Waals surface area (Å²) >= 11 is 0.